The number of amides is 1. The molecule has 2 heterocycles. The van der Waals surface area contributed by atoms with Gasteiger partial charge in [0.2, 0.25) is 5.91 Å². The average Bonchev–Trinajstić information content (AvgIpc) is 3.11. The monoisotopic (exact) mass is 354 g/mol. The van der Waals surface area contributed by atoms with Crippen LogP contribution in [0.4, 0.5) is 0 Å². The molecule has 0 N–H and O–H groups in total. The number of carbonyl (C=O) groups excluding carboxylic acids is 2. The molecule has 5 heteroatoms. The van der Waals surface area contributed by atoms with Crippen LogP contribution in [0.1, 0.15) is 35.2 Å². The molecule has 1 aromatic carbocycles. The maximum Gasteiger partial charge on any atom is 0.227 e. The van der Waals surface area contributed by atoms with E-state index in [9.17, 15) is 9.59 Å². The van der Waals surface area contributed by atoms with Crippen LogP contribution in [-0.4, -0.2) is 40.4 Å². The summed E-state index contributed by atoms with van der Waals surface area (Å²) in [4.78, 5) is 32.2. The van der Waals surface area contributed by atoms with E-state index in [2.05, 4.69) is 4.98 Å². The first-order chi connectivity index (χ1) is 12.2. The Bertz CT molecular complexity index is 731. The fourth-order valence-electron chi connectivity index (χ4n) is 3.26. The molecule has 1 aliphatic heterocycles. The molecule has 0 radical (unpaired) electrons. The lowest BCUT2D eigenvalue weighted by molar-refractivity contribution is -0.131. The standard InChI is InChI=1S/C20H22N2O2S/c1-25-18-6-4-16(5-7-18)19(23)14-17-3-2-12-22(17)20(24)13-15-8-10-21-11-9-15/h4-11,17H,2-3,12-14H2,1H3/t17-/m0/s1. The van der Waals surface area contributed by atoms with Crippen LogP contribution in [0.5, 0.6) is 0 Å². The summed E-state index contributed by atoms with van der Waals surface area (Å²) >= 11 is 1.66. The van der Waals surface area contributed by atoms with E-state index < -0.39 is 0 Å². The number of thioether (sulfide) groups is 1. The van der Waals surface area contributed by atoms with Crippen molar-refractivity contribution in [3.63, 3.8) is 0 Å². The number of likely N-dealkylation sites (tertiary alicyclic amines) is 1. The number of ketones is 1. The SMILES string of the molecule is CSc1ccc(C(=O)C[C@@H]2CCCN2C(=O)Cc2ccncc2)cc1. The van der Waals surface area contributed by atoms with Crippen molar-refractivity contribution in [3.8, 4) is 0 Å². The van der Waals surface area contributed by atoms with Crippen molar-refractivity contribution in [3.05, 3.63) is 59.9 Å². The van der Waals surface area contributed by atoms with Crippen LogP contribution in [0.3, 0.4) is 0 Å². The number of rotatable bonds is 6. The number of hydrogen-bond acceptors (Lipinski definition) is 4. The number of pyridine rings is 1. The van der Waals surface area contributed by atoms with E-state index in [-0.39, 0.29) is 17.7 Å². The molecule has 130 valence electrons. The Kier molecular flexibility index (Phi) is 5.87. The van der Waals surface area contributed by atoms with Crippen LogP contribution in [0.25, 0.3) is 0 Å². The first kappa shape index (κ1) is 17.7. The van der Waals surface area contributed by atoms with E-state index in [4.69, 9.17) is 0 Å². The molecule has 25 heavy (non-hydrogen) atoms. The lowest BCUT2D eigenvalue weighted by Gasteiger charge is -2.24. The van der Waals surface area contributed by atoms with Crippen molar-refractivity contribution >= 4 is 23.5 Å². The molecule has 1 aromatic heterocycles. The molecule has 3 rings (SSSR count). The summed E-state index contributed by atoms with van der Waals surface area (Å²) in [6, 6.07) is 11.4. The molecular weight excluding hydrogens is 332 g/mol. The van der Waals surface area contributed by atoms with Crippen molar-refractivity contribution in [1.29, 1.82) is 0 Å². The summed E-state index contributed by atoms with van der Waals surface area (Å²) in [6.45, 7) is 0.743. The van der Waals surface area contributed by atoms with Crippen molar-refractivity contribution in [2.24, 2.45) is 0 Å². The normalized spacial score (nSPS) is 16.8. The number of aromatic nitrogens is 1. The minimum atomic E-state index is 0.0158. The van der Waals surface area contributed by atoms with Crippen LogP contribution in [0.15, 0.2) is 53.7 Å². The molecule has 1 atom stereocenters. The number of benzene rings is 1. The van der Waals surface area contributed by atoms with Gasteiger partial charge in [0.05, 0.1) is 6.42 Å². The third-order valence-corrected chi connectivity index (χ3v) is 5.38. The van der Waals surface area contributed by atoms with Crippen LogP contribution in [0.2, 0.25) is 0 Å². The largest absolute Gasteiger partial charge is 0.339 e. The van der Waals surface area contributed by atoms with Gasteiger partial charge in [-0.1, -0.05) is 12.1 Å². The maximum absolute atomic E-state index is 12.6. The second-order valence-electron chi connectivity index (χ2n) is 6.27. The van der Waals surface area contributed by atoms with Gasteiger partial charge in [-0.25, -0.2) is 0 Å². The van der Waals surface area contributed by atoms with Crippen LogP contribution >= 0.6 is 11.8 Å². The molecule has 1 fully saturated rings. The van der Waals surface area contributed by atoms with Gasteiger partial charge < -0.3 is 4.90 Å². The van der Waals surface area contributed by atoms with Crippen molar-refractivity contribution in [1.82, 2.24) is 9.88 Å². The zero-order chi connectivity index (χ0) is 17.6. The molecule has 0 spiro atoms. The van der Waals surface area contributed by atoms with Gasteiger partial charge in [-0.2, -0.15) is 0 Å². The summed E-state index contributed by atoms with van der Waals surface area (Å²) in [5.41, 5.74) is 1.69. The molecule has 0 unspecified atom stereocenters. The number of nitrogens with zero attached hydrogens (tertiary/aromatic N) is 2. The predicted octanol–water partition coefficient (Wildman–Crippen LogP) is 3.61. The summed E-state index contributed by atoms with van der Waals surface area (Å²) < 4.78 is 0. The van der Waals surface area contributed by atoms with Gasteiger partial charge in [-0.3, -0.25) is 14.6 Å². The fourth-order valence-corrected chi connectivity index (χ4v) is 3.67. The van der Waals surface area contributed by atoms with Crippen LogP contribution in [0, 0.1) is 0 Å². The molecule has 0 bridgehead atoms. The summed E-state index contributed by atoms with van der Waals surface area (Å²) in [5, 5.41) is 0. The lowest BCUT2D eigenvalue weighted by Crippen LogP contribution is -2.37. The molecule has 1 amide bonds. The highest BCUT2D eigenvalue weighted by Crippen LogP contribution is 2.24. The van der Waals surface area contributed by atoms with Crippen LogP contribution < -0.4 is 0 Å². The van der Waals surface area contributed by atoms with E-state index >= 15 is 0 Å². The second-order valence-corrected chi connectivity index (χ2v) is 7.15. The van der Waals surface area contributed by atoms with Gasteiger partial charge >= 0.3 is 0 Å². The predicted molar refractivity (Wildman–Crippen MR) is 99.8 cm³/mol. The zero-order valence-corrected chi connectivity index (χ0v) is 15.2. The smallest absolute Gasteiger partial charge is 0.227 e. The quantitative estimate of drug-likeness (QED) is 0.587. The molecule has 1 saturated heterocycles. The zero-order valence-electron chi connectivity index (χ0n) is 14.4. The Balaban J connectivity index is 1.62. The summed E-state index contributed by atoms with van der Waals surface area (Å²) in [6.07, 6.45) is 8.05. The molecule has 0 saturated carbocycles. The third kappa shape index (κ3) is 4.48. The van der Waals surface area contributed by atoms with E-state index in [1.165, 1.54) is 0 Å². The van der Waals surface area contributed by atoms with E-state index in [1.54, 1.807) is 24.2 Å². The highest BCUT2D eigenvalue weighted by atomic mass is 32.2. The minimum absolute atomic E-state index is 0.0158. The number of carbonyl (C=O) groups is 2. The van der Waals surface area contributed by atoms with Gasteiger partial charge in [0.25, 0.3) is 0 Å². The Morgan fingerprint density at radius 2 is 1.88 bits per heavy atom. The van der Waals surface area contributed by atoms with Gasteiger partial charge in [-0.15, -0.1) is 11.8 Å². The first-order valence-corrected chi connectivity index (χ1v) is 9.75. The summed E-state index contributed by atoms with van der Waals surface area (Å²) in [5.74, 6) is 0.209. The Morgan fingerprint density at radius 1 is 1.16 bits per heavy atom. The highest BCUT2D eigenvalue weighted by molar-refractivity contribution is 7.98. The number of hydrogen-bond donors (Lipinski definition) is 0. The third-order valence-electron chi connectivity index (χ3n) is 4.64. The minimum Gasteiger partial charge on any atom is -0.339 e. The fraction of sp³-hybridized carbons (Fsp3) is 0.350. The van der Waals surface area contributed by atoms with Gasteiger partial charge in [0, 0.05) is 41.9 Å². The number of Topliss-reactive ketones (excluding diaryl/α,β-unsaturated/α-hetero) is 1. The Morgan fingerprint density at radius 3 is 2.56 bits per heavy atom. The molecular formula is C20H22N2O2S. The van der Waals surface area contributed by atoms with E-state index in [0.717, 1.165) is 35.4 Å². The first-order valence-electron chi connectivity index (χ1n) is 8.53. The molecule has 0 aliphatic carbocycles. The van der Waals surface area contributed by atoms with Gasteiger partial charge in [-0.05, 0) is 48.9 Å². The van der Waals surface area contributed by atoms with Gasteiger partial charge in [0.1, 0.15) is 0 Å². The van der Waals surface area contributed by atoms with E-state index in [0.29, 0.717) is 12.8 Å². The molecule has 2 aromatic rings. The van der Waals surface area contributed by atoms with Crippen molar-refractivity contribution in [2.75, 3.05) is 12.8 Å². The van der Waals surface area contributed by atoms with Crippen molar-refractivity contribution < 1.29 is 9.59 Å². The van der Waals surface area contributed by atoms with Crippen LogP contribution in [-0.2, 0) is 11.2 Å². The highest BCUT2D eigenvalue weighted by Gasteiger charge is 2.30. The molecule has 1 aliphatic rings. The maximum atomic E-state index is 12.6. The van der Waals surface area contributed by atoms with Gasteiger partial charge in [0.15, 0.2) is 5.78 Å². The van der Waals surface area contributed by atoms with Crippen molar-refractivity contribution in [2.45, 2.75) is 36.6 Å². The Labute approximate surface area is 152 Å². The lowest BCUT2D eigenvalue weighted by atomic mass is 10.0. The average molecular weight is 354 g/mol. The second kappa shape index (κ2) is 8.30. The molecule has 4 nitrogen and oxygen atoms in total. The summed E-state index contributed by atoms with van der Waals surface area (Å²) in [7, 11) is 0. The topological polar surface area (TPSA) is 50.3 Å². The van der Waals surface area contributed by atoms with E-state index in [1.807, 2.05) is 47.6 Å². The Hall–Kier alpha value is -2.14.